The number of carbonyl (C=O) groups is 3. The molecule has 11 heteroatoms. The molecule has 3 amide bonds. The summed E-state index contributed by atoms with van der Waals surface area (Å²) >= 11 is 5.81. The number of anilines is 1. The highest BCUT2D eigenvalue weighted by Crippen LogP contribution is 2.32. The lowest BCUT2D eigenvalue weighted by Gasteiger charge is -2.22. The van der Waals surface area contributed by atoms with Crippen LogP contribution in [-0.4, -0.2) is 47.2 Å². The van der Waals surface area contributed by atoms with Crippen molar-refractivity contribution in [1.82, 2.24) is 15.6 Å². The van der Waals surface area contributed by atoms with E-state index in [1.54, 1.807) is 24.3 Å². The smallest absolute Gasteiger partial charge is 0.393 e. The van der Waals surface area contributed by atoms with Crippen LogP contribution in [0.25, 0.3) is 10.9 Å². The second-order valence-corrected chi connectivity index (χ2v) is 8.01. The topological polar surface area (TPSA) is 124 Å². The molecule has 0 unspecified atom stereocenters. The first-order valence-corrected chi connectivity index (χ1v) is 10.4. The minimum Gasteiger partial charge on any atom is -0.393 e. The van der Waals surface area contributed by atoms with E-state index >= 15 is 0 Å². The lowest BCUT2D eigenvalue weighted by molar-refractivity contribution is -0.149. The van der Waals surface area contributed by atoms with Gasteiger partial charge in [0.2, 0.25) is 11.5 Å². The van der Waals surface area contributed by atoms with E-state index in [4.69, 9.17) is 16.3 Å². The molecule has 1 atom stereocenters. The zero-order valence-corrected chi connectivity index (χ0v) is 18.2. The van der Waals surface area contributed by atoms with Crippen molar-refractivity contribution in [2.75, 3.05) is 18.5 Å². The number of carbonyl (C=O) groups excluding carboxylic acids is 3. The molecule has 9 nitrogen and oxygen atoms in total. The molecule has 1 aliphatic rings. The molecule has 1 fully saturated rings. The quantitative estimate of drug-likeness (QED) is 0.423. The van der Waals surface area contributed by atoms with Gasteiger partial charge in [-0.05, 0) is 42.0 Å². The number of aromatic amines is 1. The number of H-pyrrole nitrogens is 1. The molecule has 1 saturated heterocycles. The molecule has 3 aromatic rings. The molecule has 0 bridgehead atoms. The standard InChI is InChI=1S/C22H20ClFN4O5/c1-25-21(31)33-18-9-13-8-16(2-3-17(13)27-18)28-5-4-22(32,20(28)30)19(29)26-11-12-6-14(23)10-15(24)7-12/h2-3,6-10,27,32H,4-5,11H2,1H3,(H,25,31)(H,26,29)/t22-/m0/s1. The molecular formula is C22H20ClFN4O5. The summed E-state index contributed by atoms with van der Waals surface area (Å²) in [5, 5.41) is 16.5. The van der Waals surface area contributed by atoms with Crippen LogP contribution in [0.2, 0.25) is 5.02 Å². The van der Waals surface area contributed by atoms with Gasteiger partial charge in [-0.25, -0.2) is 9.18 Å². The molecule has 172 valence electrons. The van der Waals surface area contributed by atoms with Crippen molar-refractivity contribution in [3.05, 3.63) is 58.9 Å². The van der Waals surface area contributed by atoms with Gasteiger partial charge in [0.05, 0.1) is 0 Å². The summed E-state index contributed by atoms with van der Waals surface area (Å²) in [5.41, 5.74) is -0.714. The number of halogens is 2. The molecule has 0 saturated carbocycles. The summed E-state index contributed by atoms with van der Waals surface area (Å²) in [6.07, 6.45) is -0.745. The van der Waals surface area contributed by atoms with Gasteiger partial charge in [0.1, 0.15) is 5.82 Å². The monoisotopic (exact) mass is 474 g/mol. The highest BCUT2D eigenvalue weighted by Gasteiger charge is 2.51. The van der Waals surface area contributed by atoms with Gasteiger partial charge in [-0.2, -0.15) is 0 Å². The van der Waals surface area contributed by atoms with Crippen LogP contribution in [0.3, 0.4) is 0 Å². The van der Waals surface area contributed by atoms with Gasteiger partial charge >= 0.3 is 6.09 Å². The number of benzene rings is 2. The number of ether oxygens (including phenoxy) is 1. The summed E-state index contributed by atoms with van der Waals surface area (Å²) in [7, 11) is 1.44. The van der Waals surface area contributed by atoms with E-state index in [9.17, 15) is 23.9 Å². The van der Waals surface area contributed by atoms with Crippen LogP contribution in [0.15, 0.2) is 42.5 Å². The normalized spacial score (nSPS) is 17.9. The molecular weight excluding hydrogens is 455 g/mol. The van der Waals surface area contributed by atoms with E-state index in [-0.39, 0.29) is 30.4 Å². The third kappa shape index (κ3) is 4.48. The first-order chi connectivity index (χ1) is 15.7. The largest absolute Gasteiger partial charge is 0.413 e. The van der Waals surface area contributed by atoms with E-state index in [2.05, 4.69) is 15.6 Å². The fourth-order valence-corrected chi connectivity index (χ4v) is 3.92. The first kappa shape index (κ1) is 22.6. The number of fused-ring (bicyclic) bond motifs is 1. The van der Waals surface area contributed by atoms with E-state index in [0.717, 1.165) is 6.07 Å². The first-order valence-electron chi connectivity index (χ1n) is 9.99. The predicted octanol–water partition coefficient (Wildman–Crippen LogP) is 2.46. The molecule has 1 aromatic heterocycles. The second kappa shape index (κ2) is 8.72. The lowest BCUT2D eigenvalue weighted by atomic mass is 10.0. The highest BCUT2D eigenvalue weighted by molar-refractivity contribution is 6.30. The second-order valence-electron chi connectivity index (χ2n) is 7.57. The summed E-state index contributed by atoms with van der Waals surface area (Å²) < 4.78 is 18.6. The molecule has 0 radical (unpaired) electrons. The number of rotatable bonds is 5. The van der Waals surface area contributed by atoms with Crippen LogP contribution in [-0.2, 0) is 16.1 Å². The van der Waals surface area contributed by atoms with E-state index < -0.39 is 29.3 Å². The molecule has 0 aliphatic carbocycles. The lowest BCUT2D eigenvalue weighted by Crippen LogP contribution is -2.52. The van der Waals surface area contributed by atoms with Gasteiger partial charge in [0.25, 0.3) is 11.8 Å². The molecule has 33 heavy (non-hydrogen) atoms. The Morgan fingerprint density at radius 3 is 2.79 bits per heavy atom. The minimum atomic E-state index is -2.25. The Morgan fingerprint density at radius 1 is 1.27 bits per heavy atom. The van der Waals surface area contributed by atoms with Crippen molar-refractivity contribution in [2.24, 2.45) is 0 Å². The number of nitrogens with one attached hydrogen (secondary N) is 3. The van der Waals surface area contributed by atoms with Crippen LogP contribution in [0.1, 0.15) is 12.0 Å². The van der Waals surface area contributed by atoms with Gasteiger partial charge in [-0.1, -0.05) is 11.6 Å². The van der Waals surface area contributed by atoms with Gasteiger partial charge in [-0.15, -0.1) is 0 Å². The molecule has 4 rings (SSSR count). The van der Waals surface area contributed by atoms with Crippen LogP contribution < -0.4 is 20.3 Å². The maximum atomic E-state index is 13.5. The Bertz CT molecular complexity index is 1240. The number of amides is 3. The fourth-order valence-electron chi connectivity index (χ4n) is 3.67. The molecule has 0 spiro atoms. The number of hydrogen-bond donors (Lipinski definition) is 4. The SMILES string of the molecule is CNC(=O)Oc1cc2cc(N3CC[C@](O)(C(=O)NCc4cc(F)cc(Cl)c4)C3=O)ccc2[nH]1. The van der Waals surface area contributed by atoms with Gasteiger partial charge in [0.15, 0.2) is 0 Å². The summed E-state index contributed by atoms with van der Waals surface area (Å²) in [5.74, 6) is -1.98. The molecule has 1 aliphatic heterocycles. The molecule has 2 heterocycles. The number of nitrogens with zero attached hydrogens (tertiary/aromatic N) is 1. The minimum absolute atomic E-state index is 0.102. The molecule has 2 aromatic carbocycles. The van der Waals surface area contributed by atoms with E-state index in [1.807, 2.05) is 0 Å². The van der Waals surface area contributed by atoms with Crippen molar-refractivity contribution < 1.29 is 28.6 Å². The Morgan fingerprint density at radius 2 is 2.06 bits per heavy atom. The van der Waals surface area contributed by atoms with E-state index in [1.165, 1.54) is 24.1 Å². The van der Waals surface area contributed by atoms with E-state index in [0.29, 0.717) is 22.2 Å². The van der Waals surface area contributed by atoms with Gasteiger partial charge in [0, 0.05) is 54.2 Å². The van der Waals surface area contributed by atoms with Crippen molar-refractivity contribution in [3.8, 4) is 5.88 Å². The van der Waals surface area contributed by atoms with Crippen molar-refractivity contribution >= 4 is 46.1 Å². The zero-order chi connectivity index (χ0) is 23.8. The Labute approximate surface area is 192 Å². The average Bonchev–Trinajstić information content (AvgIpc) is 3.31. The van der Waals surface area contributed by atoms with Gasteiger partial charge in [-0.3, -0.25) is 9.59 Å². The maximum absolute atomic E-state index is 13.5. The third-order valence-corrected chi connectivity index (χ3v) is 5.56. The maximum Gasteiger partial charge on any atom is 0.413 e. The summed E-state index contributed by atoms with van der Waals surface area (Å²) in [6, 6.07) is 10.4. The highest BCUT2D eigenvalue weighted by atomic mass is 35.5. The van der Waals surface area contributed by atoms with Crippen LogP contribution in [0.4, 0.5) is 14.9 Å². The Balaban J connectivity index is 1.48. The number of aliphatic hydroxyl groups is 1. The van der Waals surface area contributed by atoms with Crippen molar-refractivity contribution in [2.45, 2.75) is 18.6 Å². The summed E-state index contributed by atoms with van der Waals surface area (Å²) in [6.45, 7) is 0.0153. The van der Waals surface area contributed by atoms with Crippen LogP contribution >= 0.6 is 11.6 Å². The molecule has 4 N–H and O–H groups in total. The Kier molecular flexibility index (Phi) is 5.96. The van der Waals surface area contributed by atoms with Crippen molar-refractivity contribution in [3.63, 3.8) is 0 Å². The summed E-state index contributed by atoms with van der Waals surface area (Å²) in [4.78, 5) is 41.2. The van der Waals surface area contributed by atoms with Crippen LogP contribution in [0, 0.1) is 5.82 Å². The average molecular weight is 475 g/mol. The zero-order valence-electron chi connectivity index (χ0n) is 17.4. The van der Waals surface area contributed by atoms with Crippen LogP contribution in [0.5, 0.6) is 5.88 Å². The third-order valence-electron chi connectivity index (χ3n) is 5.35. The predicted molar refractivity (Wildman–Crippen MR) is 119 cm³/mol. The number of hydrogen-bond acceptors (Lipinski definition) is 5. The fraction of sp³-hybridized carbons (Fsp3) is 0.227. The van der Waals surface area contributed by atoms with Crippen molar-refractivity contribution in [1.29, 1.82) is 0 Å². The Hall–Kier alpha value is -3.63. The van der Waals surface area contributed by atoms with Gasteiger partial charge < -0.3 is 30.4 Å². The number of aromatic nitrogens is 1.